The second-order valence-corrected chi connectivity index (χ2v) is 7.58. The standard InChI is InChI=1S/C23H23ClN2O2/c24-18-9-7-17(8-10-18)4-3-13-26-14-11-19(12-15-26)25-21-16-23(27)28-22-6-2-1-5-20(21)22/h1-10,16,19,25H,11-15H2/b4-3+. The average molecular weight is 395 g/mol. The Morgan fingerprint density at radius 3 is 2.64 bits per heavy atom. The van der Waals surface area contributed by atoms with Gasteiger partial charge < -0.3 is 9.73 Å². The molecule has 2 aromatic carbocycles. The fourth-order valence-electron chi connectivity index (χ4n) is 3.62. The molecular weight excluding hydrogens is 372 g/mol. The van der Waals surface area contributed by atoms with Crippen LogP contribution in [0.25, 0.3) is 17.0 Å². The summed E-state index contributed by atoms with van der Waals surface area (Å²) in [6, 6.07) is 17.4. The van der Waals surface area contributed by atoms with Crippen LogP contribution in [0.4, 0.5) is 5.69 Å². The zero-order valence-corrected chi connectivity index (χ0v) is 16.4. The van der Waals surface area contributed by atoms with Gasteiger partial charge in [0.05, 0.1) is 5.69 Å². The topological polar surface area (TPSA) is 45.5 Å². The summed E-state index contributed by atoms with van der Waals surface area (Å²) in [5.41, 5.74) is 2.34. The highest BCUT2D eigenvalue weighted by Crippen LogP contribution is 2.24. The van der Waals surface area contributed by atoms with Gasteiger partial charge in [-0.25, -0.2) is 4.79 Å². The summed E-state index contributed by atoms with van der Waals surface area (Å²) >= 11 is 5.92. The van der Waals surface area contributed by atoms with E-state index in [9.17, 15) is 4.79 Å². The van der Waals surface area contributed by atoms with Gasteiger partial charge in [0.1, 0.15) is 5.58 Å². The molecule has 4 rings (SSSR count). The fraction of sp³-hybridized carbons (Fsp3) is 0.261. The number of nitrogens with zero attached hydrogens (tertiary/aromatic N) is 1. The highest BCUT2D eigenvalue weighted by atomic mass is 35.5. The van der Waals surface area contributed by atoms with Gasteiger partial charge in [-0.15, -0.1) is 0 Å². The van der Waals surface area contributed by atoms with Crippen LogP contribution in [0.2, 0.25) is 5.02 Å². The molecule has 0 radical (unpaired) electrons. The third kappa shape index (κ3) is 4.64. The Balaban J connectivity index is 1.32. The van der Waals surface area contributed by atoms with E-state index < -0.39 is 0 Å². The van der Waals surface area contributed by atoms with Gasteiger partial charge in [-0.2, -0.15) is 0 Å². The number of halogens is 1. The molecule has 3 aromatic rings. The van der Waals surface area contributed by atoms with Crippen molar-refractivity contribution in [3.05, 3.63) is 81.7 Å². The molecule has 0 unspecified atom stereocenters. The molecule has 28 heavy (non-hydrogen) atoms. The maximum Gasteiger partial charge on any atom is 0.338 e. The smallest absolute Gasteiger partial charge is 0.338 e. The van der Waals surface area contributed by atoms with Crippen molar-refractivity contribution in [1.29, 1.82) is 0 Å². The summed E-state index contributed by atoms with van der Waals surface area (Å²) in [5.74, 6) is 0. The largest absolute Gasteiger partial charge is 0.423 e. The normalized spacial score (nSPS) is 16.0. The van der Waals surface area contributed by atoms with Crippen LogP contribution < -0.4 is 10.9 Å². The average Bonchev–Trinajstić information content (AvgIpc) is 2.71. The number of anilines is 1. The molecule has 4 nitrogen and oxygen atoms in total. The Morgan fingerprint density at radius 2 is 1.86 bits per heavy atom. The lowest BCUT2D eigenvalue weighted by atomic mass is 10.0. The summed E-state index contributed by atoms with van der Waals surface area (Å²) < 4.78 is 5.28. The highest BCUT2D eigenvalue weighted by Gasteiger charge is 2.19. The van der Waals surface area contributed by atoms with Crippen LogP contribution in [0, 0.1) is 0 Å². The van der Waals surface area contributed by atoms with Crippen LogP contribution in [0.1, 0.15) is 18.4 Å². The zero-order valence-electron chi connectivity index (χ0n) is 15.6. The van der Waals surface area contributed by atoms with Gasteiger partial charge in [-0.05, 0) is 42.7 Å². The number of fused-ring (bicyclic) bond motifs is 1. The number of hydrogen-bond acceptors (Lipinski definition) is 4. The van der Waals surface area contributed by atoms with E-state index in [1.807, 2.05) is 48.5 Å². The van der Waals surface area contributed by atoms with Crippen LogP contribution in [-0.4, -0.2) is 30.6 Å². The van der Waals surface area contributed by atoms with Gasteiger partial charge in [0.15, 0.2) is 0 Å². The molecule has 1 aliphatic rings. The monoisotopic (exact) mass is 394 g/mol. The number of hydrogen-bond donors (Lipinski definition) is 1. The van der Waals surface area contributed by atoms with E-state index in [1.165, 1.54) is 0 Å². The Morgan fingerprint density at radius 1 is 1.11 bits per heavy atom. The van der Waals surface area contributed by atoms with E-state index in [1.54, 1.807) is 6.07 Å². The van der Waals surface area contributed by atoms with Crippen molar-refractivity contribution in [2.24, 2.45) is 0 Å². The lowest BCUT2D eigenvalue weighted by molar-refractivity contribution is 0.240. The van der Waals surface area contributed by atoms with Crippen molar-refractivity contribution < 1.29 is 4.42 Å². The molecule has 1 saturated heterocycles. The second-order valence-electron chi connectivity index (χ2n) is 7.15. The van der Waals surface area contributed by atoms with Gasteiger partial charge in [0.25, 0.3) is 0 Å². The van der Waals surface area contributed by atoms with Gasteiger partial charge in [-0.3, -0.25) is 4.90 Å². The number of likely N-dealkylation sites (tertiary alicyclic amines) is 1. The molecule has 1 aromatic heterocycles. The maximum absolute atomic E-state index is 11.8. The first-order valence-electron chi connectivity index (χ1n) is 9.61. The molecule has 1 fully saturated rings. The number of para-hydroxylation sites is 1. The zero-order chi connectivity index (χ0) is 19.3. The molecule has 2 heterocycles. The third-order valence-corrected chi connectivity index (χ3v) is 5.39. The van der Waals surface area contributed by atoms with Gasteiger partial charge in [-0.1, -0.05) is 48.0 Å². The van der Waals surface area contributed by atoms with Crippen molar-refractivity contribution in [3.8, 4) is 0 Å². The minimum absolute atomic E-state index is 0.314. The van der Waals surface area contributed by atoms with E-state index >= 15 is 0 Å². The molecule has 1 N–H and O–H groups in total. The van der Waals surface area contributed by atoms with Crippen LogP contribution in [0.5, 0.6) is 0 Å². The van der Waals surface area contributed by atoms with Crippen molar-refractivity contribution in [3.63, 3.8) is 0 Å². The van der Waals surface area contributed by atoms with Gasteiger partial charge in [0, 0.05) is 42.2 Å². The van der Waals surface area contributed by atoms with Crippen molar-refractivity contribution in [1.82, 2.24) is 4.90 Å². The summed E-state index contributed by atoms with van der Waals surface area (Å²) in [6.45, 7) is 3.00. The Kier molecular flexibility index (Phi) is 5.79. The van der Waals surface area contributed by atoms with Gasteiger partial charge in [0.2, 0.25) is 0 Å². The van der Waals surface area contributed by atoms with Crippen molar-refractivity contribution in [2.45, 2.75) is 18.9 Å². The van der Waals surface area contributed by atoms with Gasteiger partial charge >= 0.3 is 5.63 Å². The first-order chi connectivity index (χ1) is 13.7. The van der Waals surface area contributed by atoms with E-state index in [-0.39, 0.29) is 5.63 Å². The maximum atomic E-state index is 11.8. The quantitative estimate of drug-likeness (QED) is 0.616. The summed E-state index contributed by atoms with van der Waals surface area (Å²) in [5, 5.41) is 5.27. The predicted molar refractivity (Wildman–Crippen MR) is 116 cm³/mol. The van der Waals surface area contributed by atoms with E-state index in [0.717, 1.165) is 54.1 Å². The van der Waals surface area contributed by atoms with Crippen LogP contribution >= 0.6 is 11.6 Å². The Labute approximate surface area is 169 Å². The minimum Gasteiger partial charge on any atom is -0.423 e. The van der Waals surface area contributed by atoms with Crippen LogP contribution in [0.15, 0.2) is 69.9 Å². The molecule has 0 aliphatic carbocycles. The van der Waals surface area contributed by atoms with E-state index in [2.05, 4.69) is 22.4 Å². The van der Waals surface area contributed by atoms with Crippen LogP contribution in [0.3, 0.4) is 0 Å². The number of nitrogens with one attached hydrogen (secondary N) is 1. The molecule has 1 aliphatic heterocycles. The molecular formula is C23H23ClN2O2. The van der Waals surface area contributed by atoms with Crippen molar-refractivity contribution in [2.75, 3.05) is 25.0 Å². The summed E-state index contributed by atoms with van der Waals surface area (Å²) in [7, 11) is 0. The van der Waals surface area contributed by atoms with E-state index in [4.69, 9.17) is 16.0 Å². The minimum atomic E-state index is -0.314. The molecule has 0 atom stereocenters. The third-order valence-electron chi connectivity index (χ3n) is 5.14. The molecule has 0 amide bonds. The van der Waals surface area contributed by atoms with E-state index in [0.29, 0.717) is 11.6 Å². The number of benzene rings is 2. The first-order valence-corrected chi connectivity index (χ1v) is 9.99. The fourth-order valence-corrected chi connectivity index (χ4v) is 3.75. The summed E-state index contributed by atoms with van der Waals surface area (Å²) in [4.78, 5) is 14.3. The molecule has 144 valence electrons. The Hall–Kier alpha value is -2.56. The lowest BCUT2D eigenvalue weighted by Gasteiger charge is -2.32. The SMILES string of the molecule is O=c1cc(NC2CCN(C/C=C/c3ccc(Cl)cc3)CC2)c2ccccc2o1. The molecule has 5 heteroatoms. The molecule has 0 bridgehead atoms. The summed E-state index contributed by atoms with van der Waals surface area (Å²) in [6.07, 6.45) is 6.43. The molecule has 0 spiro atoms. The predicted octanol–water partition coefficient (Wildman–Crippen LogP) is 5.04. The molecule has 0 saturated carbocycles. The van der Waals surface area contributed by atoms with Crippen LogP contribution in [-0.2, 0) is 0 Å². The lowest BCUT2D eigenvalue weighted by Crippen LogP contribution is -2.39. The van der Waals surface area contributed by atoms with Crippen molar-refractivity contribution >= 4 is 34.3 Å². The number of piperidine rings is 1. The first kappa shape index (κ1) is 18.8. The second kappa shape index (κ2) is 8.63. The number of rotatable bonds is 5. The Bertz CT molecular complexity index is 1020. The highest BCUT2D eigenvalue weighted by molar-refractivity contribution is 6.30.